The molecule has 0 aromatic carbocycles. The molecule has 1 N–H and O–H groups in total. The Kier molecular flexibility index (Phi) is 8.06. The number of rotatable bonds is 9. The van der Waals surface area contributed by atoms with E-state index in [1.165, 1.54) is 25.9 Å². The zero-order valence-electron chi connectivity index (χ0n) is 13.1. The standard InChI is InChI=1S/C15H34N2/c1-8-9-15(6,11-16-7)12-17(14(4)5)10-13(2)3/h13-14,16H,8-12H2,1-7H3. The lowest BCUT2D eigenvalue weighted by atomic mass is 9.84. The molecule has 1 unspecified atom stereocenters. The van der Waals surface area contributed by atoms with Crippen molar-refractivity contribution in [3.8, 4) is 0 Å². The van der Waals surface area contributed by atoms with Gasteiger partial charge in [0, 0.05) is 25.7 Å². The average Bonchev–Trinajstić information content (AvgIpc) is 2.16. The van der Waals surface area contributed by atoms with Crippen LogP contribution in [0, 0.1) is 11.3 Å². The van der Waals surface area contributed by atoms with E-state index < -0.39 is 0 Å². The van der Waals surface area contributed by atoms with Crippen LogP contribution >= 0.6 is 0 Å². The van der Waals surface area contributed by atoms with Crippen LogP contribution in [0.15, 0.2) is 0 Å². The molecule has 0 heterocycles. The Hall–Kier alpha value is -0.0800. The van der Waals surface area contributed by atoms with E-state index in [0.29, 0.717) is 11.5 Å². The predicted octanol–water partition coefficient (Wildman–Crippen LogP) is 3.38. The van der Waals surface area contributed by atoms with Gasteiger partial charge >= 0.3 is 0 Å². The Morgan fingerprint density at radius 2 is 1.76 bits per heavy atom. The Morgan fingerprint density at radius 1 is 1.18 bits per heavy atom. The molecule has 0 aliphatic carbocycles. The minimum absolute atomic E-state index is 0.405. The van der Waals surface area contributed by atoms with Crippen molar-refractivity contribution in [1.82, 2.24) is 10.2 Å². The van der Waals surface area contributed by atoms with Crippen molar-refractivity contribution >= 4 is 0 Å². The minimum Gasteiger partial charge on any atom is -0.319 e. The van der Waals surface area contributed by atoms with Crippen LogP contribution in [0.5, 0.6) is 0 Å². The topological polar surface area (TPSA) is 15.3 Å². The summed E-state index contributed by atoms with van der Waals surface area (Å²) in [5.41, 5.74) is 0.405. The van der Waals surface area contributed by atoms with Crippen molar-refractivity contribution in [1.29, 1.82) is 0 Å². The van der Waals surface area contributed by atoms with Gasteiger partial charge in [-0.2, -0.15) is 0 Å². The zero-order valence-corrected chi connectivity index (χ0v) is 13.1. The maximum absolute atomic E-state index is 3.36. The van der Waals surface area contributed by atoms with Gasteiger partial charge in [0.25, 0.3) is 0 Å². The number of hydrogen-bond donors (Lipinski definition) is 1. The van der Waals surface area contributed by atoms with Crippen molar-refractivity contribution in [3.05, 3.63) is 0 Å². The third kappa shape index (κ3) is 7.05. The highest BCUT2D eigenvalue weighted by Crippen LogP contribution is 2.25. The second-order valence-electron chi connectivity index (χ2n) is 6.51. The molecule has 0 saturated heterocycles. The smallest absolute Gasteiger partial charge is 0.00503 e. The van der Waals surface area contributed by atoms with Crippen molar-refractivity contribution < 1.29 is 0 Å². The SMILES string of the molecule is CCCC(C)(CNC)CN(CC(C)C)C(C)C. The summed E-state index contributed by atoms with van der Waals surface area (Å²) in [5, 5.41) is 3.36. The molecular formula is C15H34N2. The van der Waals surface area contributed by atoms with Gasteiger partial charge in [0.15, 0.2) is 0 Å². The molecule has 17 heavy (non-hydrogen) atoms. The van der Waals surface area contributed by atoms with Crippen LogP contribution in [-0.2, 0) is 0 Å². The van der Waals surface area contributed by atoms with Crippen LogP contribution < -0.4 is 5.32 Å². The third-order valence-corrected chi connectivity index (χ3v) is 3.37. The molecule has 0 aliphatic rings. The molecule has 0 saturated carbocycles. The van der Waals surface area contributed by atoms with E-state index in [1.807, 2.05) is 0 Å². The van der Waals surface area contributed by atoms with Crippen molar-refractivity contribution in [2.45, 2.75) is 60.4 Å². The molecule has 2 heteroatoms. The van der Waals surface area contributed by atoms with Crippen molar-refractivity contribution in [2.24, 2.45) is 11.3 Å². The molecule has 0 spiro atoms. The van der Waals surface area contributed by atoms with Gasteiger partial charge in [-0.15, -0.1) is 0 Å². The van der Waals surface area contributed by atoms with Gasteiger partial charge in [-0.3, -0.25) is 0 Å². The highest BCUT2D eigenvalue weighted by Gasteiger charge is 2.27. The molecule has 104 valence electrons. The second-order valence-corrected chi connectivity index (χ2v) is 6.51. The molecule has 2 nitrogen and oxygen atoms in total. The van der Waals surface area contributed by atoms with Gasteiger partial charge in [-0.1, -0.05) is 34.1 Å². The van der Waals surface area contributed by atoms with Crippen LogP contribution in [0.3, 0.4) is 0 Å². The van der Waals surface area contributed by atoms with Crippen molar-refractivity contribution in [2.75, 3.05) is 26.7 Å². The van der Waals surface area contributed by atoms with Crippen LogP contribution in [0.4, 0.5) is 0 Å². The summed E-state index contributed by atoms with van der Waals surface area (Å²) < 4.78 is 0. The van der Waals surface area contributed by atoms with E-state index in [-0.39, 0.29) is 0 Å². The van der Waals surface area contributed by atoms with Crippen LogP contribution in [0.25, 0.3) is 0 Å². The molecule has 0 rings (SSSR count). The fraction of sp³-hybridized carbons (Fsp3) is 1.00. The Morgan fingerprint density at radius 3 is 2.12 bits per heavy atom. The molecule has 0 aliphatic heterocycles. The van der Waals surface area contributed by atoms with Gasteiger partial charge < -0.3 is 10.2 Å². The van der Waals surface area contributed by atoms with E-state index in [2.05, 4.69) is 58.8 Å². The molecule has 0 amide bonds. The summed E-state index contributed by atoms with van der Waals surface area (Å²) in [4.78, 5) is 2.64. The summed E-state index contributed by atoms with van der Waals surface area (Å²) in [6.45, 7) is 17.5. The van der Waals surface area contributed by atoms with E-state index in [0.717, 1.165) is 12.5 Å². The monoisotopic (exact) mass is 242 g/mol. The summed E-state index contributed by atoms with van der Waals surface area (Å²) in [6, 6.07) is 0.644. The third-order valence-electron chi connectivity index (χ3n) is 3.37. The molecule has 0 fully saturated rings. The molecular weight excluding hydrogens is 208 g/mol. The molecule has 0 aromatic rings. The summed E-state index contributed by atoms with van der Waals surface area (Å²) in [6.07, 6.45) is 2.57. The van der Waals surface area contributed by atoms with E-state index in [9.17, 15) is 0 Å². The zero-order chi connectivity index (χ0) is 13.5. The fourth-order valence-electron chi connectivity index (χ4n) is 2.67. The highest BCUT2D eigenvalue weighted by atomic mass is 15.2. The first kappa shape index (κ1) is 16.9. The van der Waals surface area contributed by atoms with Gasteiger partial charge in [0.1, 0.15) is 0 Å². The van der Waals surface area contributed by atoms with Gasteiger partial charge in [-0.05, 0) is 38.6 Å². The van der Waals surface area contributed by atoms with Crippen LogP contribution in [0.2, 0.25) is 0 Å². The van der Waals surface area contributed by atoms with E-state index in [4.69, 9.17) is 0 Å². The maximum Gasteiger partial charge on any atom is 0.00503 e. The summed E-state index contributed by atoms with van der Waals surface area (Å²) >= 11 is 0. The lowest BCUT2D eigenvalue weighted by Gasteiger charge is -2.38. The lowest BCUT2D eigenvalue weighted by Crippen LogP contribution is -2.45. The largest absolute Gasteiger partial charge is 0.319 e. The van der Waals surface area contributed by atoms with Gasteiger partial charge in [-0.25, -0.2) is 0 Å². The molecule has 0 radical (unpaired) electrons. The maximum atomic E-state index is 3.36. The first-order valence-electron chi connectivity index (χ1n) is 7.23. The van der Waals surface area contributed by atoms with Gasteiger partial charge in [0.05, 0.1) is 0 Å². The molecule has 1 atom stereocenters. The number of nitrogens with one attached hydrogen (secondary N) is 1. The minimum atomic E-state index is 0.405. The quantitative estimate of drug-likeness (QED) is 0.667. The Bertz CT molecular complexity index is 181. The van der Waals surface area contributed by atoms with Crippen molar-refractivity contribution in [3.63, 3.8) is 0 Å². The second kappa shape index (κ2) is 8.10. The number of hydrogen-bond acceptors (Lipinski definition) is 2. The first-order valence-corrected chi connectivity index (χ1v) is 7.23. The predicted molar refractivity (Wildman–Crippen MR) is 78.5 cm³/mol. The summed E-state index contributed by atoms with van der Waals surface area (Å²) in [5.74, 6) is 0.748. The molecule has 0 aromatic heterocycles. The van der Waals surface area contributed by atoms with E-state index >= 15 is 0 Å². The number of nitrogens with zero attached hydrogens (tertiary/aromatic N) is 1. The first-order chi connectivity index (χ1) is 7.84. The highest BCUT2D eigenvalue weighted by molar-refractivity contribution is 4.81. The average molecular weight is 242 g/mol. The van der Waals surface area contributed by atoms with Gasteiger partial charge in [0.2, 0.25) is 0 Å². The fourth-order valence-corrected chi connectivity index (χ4v) is 2.67. The Balaban J connectivity index is 4.55. The lowest BCUT2D eigenvalue weighted by molar-refractivity contribution is 0.112. The molecule has 0 bridgehead atoms. The normalized spacial score (nSPS) is 15.9. The Labute approximate surface area is 109 Å². The van der Waals surface area contributed by atoms with E-state index in [1.54, 1.807) is 0 Å². The summed E-state index contributed by atoms with van der Waals surface area (Å²) in [7, 11) is 2.07. The van der Waals surface area contributed by atoms with Crippen LogP contribution in [0.1, 0.15) is 54.4 Å². The van der Waals surface area contributed by atoms with Crippen LogP contribution in [-0.4, -0.2) is 37.6 Å².